The maximum Gasteiger partial charge on any atom is 0.238 e. The molecular weight excluding hydrogens is 416 g/mol. The standard InChI is InChI=1S/C20H15ClN2O3S2/c21-17-11-10-16(27-17)19-20(14-6-8-15(9-7-14)28(22,24)25)26-18(23-19)12-13-4-2-1-3-5-13/h1-11H,12H2,(H2,22,24,25). The van der Waals surface area contributed by atoms with Gasteiger partial charge in [-0.1, -0.05) is 41.9 Å². The van der Waals surface area contributed by atoms with Gasteiger partial charge in [0.05, 0.1) is 14.1 Å². The number of rotatable bonds is 5. The Labute approximate surface area is 171 Å². The van der Waals surface area contributed by atoms with Gasteiger partial charge in [-0.25, -0.2) is 18.5 Å². The van der Waals surface area contributed by atoms with Gasteiger partial charge >= 0.3 is 0 Å². The number of benzene rings is 2. The highest BCUT2D eigenvalue weighted by Gasteiger charge is 2.19. The average molecular weight is 431 g/mol. The summed E-state index contributed by atoms with van der Waals surface area (Å²) >= 11 is 7.50. The first-order valence-corrected chi connectivity index (χ1v) is 11.1. The van der Waals surface area contributed by atoms with Crippen LogP contribution in [0.1, 0.15) is 11.5 Å². The third kappa shape index (κ3) is 4.02. The first-order valence-electron chi connectivity index (χ1n) is 8.33. The Hall–Kier alpha value is -2.45. The van der Waals surface area contributed by atoms with Gasteiger partial charge in [0, 0.05) is 12.0 Å². The number of oxazole rings is 1. The summed E-state index contributed by atoms with van der Waals surface area (Å²) in [5.74, 6) is 1.13. The van der Waals surface area contributed by atoms with Crippen molar-refractivity contribution >= 4 is 33.0 Å². The molecule has 4 rings (SSSR count). The van der Waals surface area contributed by atoms with E-state index < -0.39 is 10.0 Å². The van der Waals surface area contributed by atoms with E-state index in [2.05, 4.69) is 4.98 Å². The fourth-order valence-corrected chi connectivity index (χ4v) is 4.36. The van der Waals surface area contributed by atoms with Gasteiger partial charge in [-0.15, -0.1) is 11.3 Å². The topological polar surface area (TPSA) is 86.2 Å². The van der Waals surface area contributed by atoms with Gasteiger partial charge in [-0.05, 0) is 42.0 Å². The predicted molar refractivity (Wildman–Crippen MR) is 111 cm³/mol. The molecule has 0 spiro atoms. The molecule has 0 amide bonds. The summed E-state index contributed by atoms with van der Waals surface area (Å²) in [4.78, 5) is 5.60. The summed E-state index contributed by atoms with van der Waals surface area (Å²) < 4.78 is 29.7. The number of nitrogens with zero attached hydrogens (tertiary/aromatic N) is 1. The lowest BCUT2D eigenvalue weighted by molar-refractivity contribution is 0.519. The Balaban J connectivity index is 1.78. The van der Waals surface area contributed by atoms with E-state index in [1.54, 1.807) is 18.2 Å². The Morgan fingerprint density at radius 2 is 1.71 bits per heavy atom. The highest BCUT2D eigenvalue weighted by Crippen LogP contribution is 2.38. The molecule has 0 radical (unpaired) electrons. The molecule has 2 N–H and O–H groups in total. The number of primary sulfonamides is 1. The molecule has 4 aromatic rings. The molecule has 0 saturated heterocycles. The van der Waals surface area contributed by atoms with E-state index in [1.165, 1.54) is 23.5 Å². The van der Waals surface area contributed by atoms with Crippen LogP contribution in [0.5, 0.6) is 0 Å². The molecule has 2 aromatic heterocycles. The van der Waals surface area contributed by atoms with Gasteiger partial charge in [0.1, 0.15) is 5.69 Å². The third-order valence-electron chi connectivity index (χ3n) is 4.12. The van der Waals surface area contributed by atoms with Crippen LogP contribution in [-0.2, 0) is 16.4 Å². The van der Waals surface area contributed by atoms with Gasteiger partial charge in [0.25, 0.3) is 0 Å². The Morgan fingerprint density at radius 1 is 1.00 bits per heavy atom. The predicted octanol–water partition coefficient (Wildman–Crippen LogP) is 4.96. The second-order valence-electron chi connectivity index (χ2n) is 6.12. The lowest BCUT2D eigenvalue weighted by Crippen LogP contribution is -2.11. The second kappa shape index (κ2) is 7.52. The molecule has 28 heavy (non-hydrogen) atoms. The van der Waals surface area contributed by atoms with Crippen LogP contribution in [0.25, 0.3) is 21.9 Å². The molecule has 142 valence electrons. The fraction of sp³-hybridized carbons (Fsp3) is 0.0500. The SMILES string of the molecule is NS(=O)(=O)c1ccc(-c2oc(Cc3ccccc3)nc2-c2ccc(Cl)s2)cc1. The van der Waals surface area contributed by atoms with Gasteiger partial charge in [-0.3, -0.25) is 0 Å². The normalized spacial score (nSPS) is 11.6. The number of halogens is 1. The number of sulfonamides is 1. The van der Waals surface area contributed by atoms with Crippen LogP contribution in [0, 0.1) is 0 Å². The van der Waals surface area contributed by atoms with Crippen molar-refractivity contribution in [3.05, 3.63) is 82.5 Å². The number of hydrogen-bond acceptors (Lipinski definition) is 5. The molecule has 2 heterocycles. The van der Waals surface area contributed by atoms with E-state index in [0.717, 1.165) is 10.4 Å². The lowest BCUT2D eigenvalue weighted by Gasteiger charge is -2.02. The van der Waals surface area contributed by atoms with Crippen LogP contribution >= 0.6 is 22.9 Å². The van der Waals surface area contributed by atoms with E-state index in [0.29, 0.717) is 33.7 Å². The van der Waals surface area contributed by atoms with E-state index in [9.17, 15) is 8.42 Å². The molecule has 0 bridgehead atoms. The first-order chi connectivity index (χ1) is 13.4. The zero-order valence-electron chi connectivity index (χ0n) is 14.5. The van der Waals surface area contributed by atoms with Crippen LogP contribution in [-0.4, -0.2) is 13.4 Å². The van der Waals surface area contributed by atoms with Crippen molar-refractivity contribution in [1.29, 1.82) is 0 Å². The fourth-order valence-electron chi connectivity index (χ4n) is 2.81. The van der Waals surface area contributed by atoms with E-state index in [1.807, 2.05) is 36.4 Å². The highest BCUT2D eigenvalue weighted by molar-refractivity contribution is 7.89. The average Bonchev–Trinajstić information content (AvgIpc) is 3.28. The first kappa shape index (κ1) is 18.9. The maximum absolute atomic E-state index is 11.5. The molecule has 0 aliphatic rings. The van der Waals surface area contributed by atoms with Crippen LogP contribution in [0.3, 0.4) is 0 Å². The second-order valence-corrected chi connectivity index (χ2v) is 9.40. The van der Waals surface area contributed by atoms with Crippen molar-refractivity contribution in [2.75, 3.05) is 0 Å². The zero-order chi connectivity index (χ0) is 19.7. The zero-order valence-corrected chi connectivity index (χ0v) is 16.9. The van der Waals surface area contributed by atoms with Crippen molar-refractivity contribution in [2.45, 2.75) is 11.3 Å². The summed E-state index contributed by atoms with van der Waals surface area (Å²) in [6, 6.07) is 19.8. The smallest absolute Gasteiger partial charge is 0.238 e. The molecule has 0 unspecified atom stereocenters. The molecule has 2 aromatic carbocycles. The van der Waals surface area contributed by atoms with Gasteiger partial charge < -0.3 is 4.42 Å². The minimum Gasteiger partial charge on any atom is -0.440 e. The van der Waals surface area contributed by atoms with E-state index in [4.69, 9.17) is 21.2 Å². The monoisotopic (exact) mass is 430 g/mol. The Morgan fingerprint density at radius 3 is 2.32 bits per heavy atom. The number of thiophene rings is 1. The van der Waals surface area contributed by atoms with Crippen LogP contribution in [0.4, 0.5) is 0 Å². The minimum absolute atomic E-state index is 0.0426. The lowest BCUT2D eigenvalue weighted by atomic mass is 10.1. The van der Waals surface area contributed by atoms with Gasteiger partial charge in [-0.2, -0.15) is 0 Å². The van der Waals surface area contributed by atoms with Crippen molar-refractivity contribution in [3.8, 4) is 21.9 Å². The van der Waals surface area contributed by atoms with Crippen molar-refractivity contribution in [3.63, 3.8) is 0 Å². The summed E-state index contributed by atoms with van der Waals surface area (Å²) in [7, 11) is -3.76. The third-order valence-corrected chi connectivity index (χ3v) is 6.29. The molecule has 5 nitrogen and oxygen atoms in total. The summed E-state index contributed by atoms with van der Waals surface area (Å²) in [6.07, 6.45) is 0.544. The molecular formula is C20H15ClN2O3S2. The molecule has 0 aliphatic carbocycles. The number of aromatic nitrogens is 1. The van der Waals surface area contributed by atoms with Crippen molar-refractivity contribution in [2.24, 2.45) is 5.14 Å². The molecule has 0 atom stereocenters. The van der Waals surface area contributed by atoms with Crippen LogP contribution < -0.4 is 5.14 Å². The van der Waals surface area contributed by atoms with E-state index in [-0.39, 0.29) is 4.90 Å². The molecule has 0 aliphatic heterocycles. The van der Waals surface area contributed by atoms with Gasteiger partial charge in [0.2, 0.25) is 10.0 Å². The van der Waals surface area contributed by atoms with Crippen LogP contribution in [0.2, 0.25) is 4.34 Å². The van der Waals surface area contributed by atoms with E-state index >= 15 is 0 Å². The summed E-state index contributed by atoms with van der Waals surface area (Å²) in [6.45, 7) is 0. The van der Waals surface area contributed by atoms with Crippen LogP contribution in [0.15, 0.2) is 76.0 Å². The molecule has 0 saturated carbocycles. The highest BCUT2D eigenvalue weighted by atomic mass is 35.5. The largest absolute Gasteiger partial charge is 0.440 e. The maximum atomic E-state index is 11.5. The summed E-state index contributed by atoms with van der Waals surface area (Å²) in [5, 5.41) is 5.18. The van der Waals surface area contributed by atoms with Crippen molar-refractivity contribution < 1.29 is 12.8 Å². The van der Waals surface area contributed by atoms with Gasteiger partial charge in [0.15, 0.2) is 11.7 Å². The van der Waals surface area contributed by atoms with Crippen molar-refractivity contribution in [1.82, 2.24) is 4.98 Å². The Kier molecular flexibility index (Phi) is 5.07. The Bertz CT molecular complexity index is 1210. The number of hydrogen-bond donors (Lipinski definition) is 1. The minimum atomic E-state index is -3.76. The molecule has 8 heteroatoms. The quantitative estimate of drug-likeness (QED) is 0.484. The molecule has 0 fully saturated rings. The summed E-state index contributed by atoms with van der Waals surface area (Å²) in [5.41, 5.74) is 2.46. The number of nitrogens with two attached hydrogens (primary N) is 1.